The van der Waals surface area contributed by atoms with Gasteiger partial charge < -0.3 is 10.2 Å². The summed E-state index contributed by atoms with van der Waals surface area (Å²) >= 11 is 7.80. The smallest absolute Gasteiger partial charge is 0.190 e. The number of nitrogens with one attached hydrogen (secondary N) is 1. The van der Waals surface area contributed by atoms with E-state index < -0.39 is 0 Å². The maximum Gasteiger partial charge on any atom is 0.190 e. The highest BCUT2D eigenvalue weighted by atomic mass is 35.5. The Morgan fingerprint density at radius 1 is 1.47 bits per heavy atom. The minimum Gasteiger partial charge on any atom is -0.352 e. The standard InChI is InChI=1S/C11H15ClN4S/c1-17-11-14-9(12)8-6-13-5-7-3-2-4-16(7)10(8)15-11/h7,13H,2-6H2,1H3/t7-/m0/s1. The quantitative estimate of drug-likeness (QED) is 0.480. The van der Waals surface area contributed by atoms with Crippen LogP contribution in [0.4, 0.5) is 5.82 Å². The lowest BCUT2D eigenvalue weighted by atomic mass is 10.2. The molecule has 3 rings (SSSR count). The summed E-state index contributed by atoms with van der Waals surface area (Å²) in [7, 11) is 0. The van der Waals surface area contributed by atoms with Gasteiger partial charge in [0.1, 0.15) is 11.0 Å². The summed E-state index contributed by atoms with van der Waals surface area (Å²) in [4.78, 5) is 11.4. The largest absolute Gasteiger partial charge is 0.352 e. The highest BCUT2D eigenvalue weighted by Crippen LogP contribution is 2.33. The number of nitrogens with zero attached hydrogens (tertiary/aromatic N) is 3. The van der Waals surface area contributed by atoms with Crippen molar-refractivity contribution < 1.29 is 0 Å². The summed E-state index contributed by atoms with van der Waals surface area (Å²) < 4.78 is 0. The van der Waals surface area contributed by atoms with E-state index in [1.165, 1.54) is 12.8 Å². The first-order valence-corrected chi connectivity index (χ1v) is 7.47. The van der Waals surface area contributed by atoms with Crippen LogP contribution in [0.2, 0.25) is 5.15 Å². The predicted octanol–water partition coefficient (Wildman–Crippen LogP) is 1.92. The molecule has 1 aromatic heterocycles. The Bertz CT molecular complexity index is 440. The Labute approximate surface area is 110 Å². The molecular formula is C11H15ClN4S. The van der Waals surface area contributed by atoms with Gasteiger partial charge in [0.05, 0.1) is 0 Å². The van der Waals surface area contributed by atoms with E-state index in [0.717, 1.165) is 36.2 Å². The lowest BCUT2D eigenvalue weighted by molar-refractivity contribution is 0.592. The minimum atomic E-state index is 0.567. The van der Waals surface area contributed by atoms with Crippen molar-refractivity contribution in [2.24, 2.45) is 0 Å². The first kappa shape index (κ1) is 11.6. The van der Waals surface area contributed by atoms with Crippen molar-refractivity contribution in [3.8, 4) is 0 Å². The van der Waals surface area contributed by atoms with Crippen molar-refractivity contribution in [3.05, 3.63) is 10.7 Å². The third-order valence-electron chi connectivity index (χ3n) is 3.43. The molecule has 1 aromatic rings. The van der Waals surface area contributed by atoms with E-state index in [4.69, 9.17) is 11.6 Å². The summed E-state index contributed by atoms with van der Waals surface area (Å²) in [5, 5.41) is 4.80. The molecule has 0 unspecified atom stereocenters. The molecule has 1 saturated heterocycles. The first-order valence-electron chi connectivity index (χ1n) is 5.87. The number of hydrogen-bond donors (Lipinski definition) is 1. The maximum absolute atomic E-state index is 6.26. The molecule has 1 atom stereocenters. The van der Waals surface area contributed by atoms with E-state index in [1.54, 1.807) is 11.8 Å². The third-order valence-corrected chi connectivity index (χ3v) is 4.29. The van der Waals surface area contributed by atoms with Crippen LogP contribution in [0, 0.1) is 0 Å². The molecule has 0 bridgehead atoms. The molecule has 17 heavy (non-hydrogen) atoms. The van der Waals surface area contributed by atoms with E-state index in [2.05, 4.69) is 20.2 Å². The Balaban J connectivity index is 2.10. The fourth-order valence-corrected chi connectivity index (χ4v) is 3.24. The van der Waals surface area contributed by atoms with Gasteiger partial charge in [0.25, 0.3) is 0 Å². The zero-order valence-corrected chi connectivity index (χ0v) is 11.3. The van der Waals surface area contributed by atoms with Gasteiger partial charge in [0.15, 0.2) is 5.16 Å². The monoisotopic (exact) mass is 270 g/mol. The average Bonchev–Trinajstić information content (AvgIpc) is 2.72. The Hall–Kier alpha value is -0.520. The summed E-state index contributed by atoms with van der Waals surface area (Å²) in [6.45, 7) is 2.87. The molecule has 4 nitrogen and oxygen atoms in total. The van der Waals surface area contributed by atoms with Gasteiger partial charge in [-0.15, -0.1) is 0 Å². The van der Waals surface area contributed by atoms with Gasteiger partial charge in [0, 0.05) is 31.2 Å². The van der Waals surface area contributed by atoms with E-state index in [9.17, 15) is 0 Å². The van der Waals surface area contributed by atoms with Crippen LogP contribution in [0.3, 0.4) is 0 Å². The molecule has 0 saturated carbocycles. The van der Waals surface area contributed by atoms with E-state index in [-0.39, 0.29) is 0 Å². The van der Waals surface area contributed by atoms with Crippen LogP contribution < -0.4 is 10.2 Å². The third kappa shape index (κ3) is 2.00. The number of fused-ring (bicyclic) bond motifs is 3. The summed E-state index contributed by atoms with van der Waals surface area (Å²) in [5.41, 5.74) is 1.05. The number of aromatic nitrogens is 2. The molecule has 0 aliphatic carbocycles. The Morgan fingerprint density at radius 2 is 2.35 bits per heavy atom. The molecule has 2 aliphatic heterocycles. The van der Waals surface area contributed by atoms with Gasteiger partial charge in [-0.05, 0) is 19.1 Å². The SMILES string of the molecule is CSc1nc(Cl)c2c(n1)N1CCC[C@H]1CNC2. The summed E-state index contributed by atoms with van der Waals surface area (Å²) in [6, 6.07) is 0.567. The maximum atomic E-state index is 6.26. The zero-order valence-electron chi connectivity index (χ0n) is 9.74. The fourth-order valence-electron chi connectivity index (χ4n) is 2.60. The van der Waals surface area contributed by atoms with Gasteiger partial charge >= 0.3 is 0 Å². The van der Waals surface area contributed by atoms with Gasteiger partial charge in [-0.3, -0.25) is 0 Å². The highest BCUT2D eigenvalue weighted by molar-refractivity contribution is 7.98. The molecule has 3 heterocycles. The van der Waals surface area contributed by atoms with Crippen LogP contribution >= 0.6 is 23.4 Å². The van der Waals surface area contributed by atoms with Gasteiger partial charge in [0.2, 0.25) is 0 Å². The number of halogens is 1. The second kappa shape index (κ2) is 4.63. The molecular weight excluding hydrogens is 256 g/mol. The van der Waals surface area contributed by atoms with E-state index in [0.29, 0.717) is 11.2 Å². The minimum absolute atomic E-state index is 0.567. The van der Waals surface area contributed by atoms with Crippen molar-refractivity contribution in [2.45, 2.75) is 30.6 Å². The van der Waals surface area contributed by atoms with E-state index in [1.807, 2.05) is 6.26 Å². The second-order valence-electron chi connectivity index (χ2n) is 4.42. The number of hydrogen-bond acceptors (Lipinski definition) is 5. The second-order valence-corrected chi connectivity index (χ2v) is 5.56. The molecule has 1 fully saturated rings. The molecule has 6 heteroatoms. The highest BCUT2D eigenvalue weighted by Gasteiger charge is 2.31. The first-order chi connectivity index (χ1) is 8.29. The van der Waals surface area contributed by atoms with Crippen molar-refractivity contribution in [2.75, 3.05) is 24.2 Å². The van der Waals surface area contributed by atoms with Gasteiger partial charge in [-0.1, -0.05) is 23.4 Å². The number of anilines is 1. The van der Waals surface area contributed by atoms with Crippen molar-refractivity contribution in [1.82, 2.24) is 15.3 Å². The average molecular weight is 271 g/mol. The number of thioether (sulfide) groups is 1. The topological polar surface area (TPSA) is 41.1 Å². The molecule has 0 aromatic carbocycles. The fraction of sp³-hybridized carbons (Fsp3) is 0.636. The Kier molecular flexibility index (Phi) is 3.15. The van der Waals surface area contributed by atoms with Crippen molar-refractivity contribution in [1.29, 1.82) is 0 Å². The lowest BCUT2D eigenvalue weighted by Gasteiger charge is -2.24. The van der Waals surface area contributed by atoms with Crippen molar-refractivity contribution in [3.63, 3.8) is 0 Å². The van der Waals surface area contributed by atoms with Crippen LogP contribution in [0.15, 0.2) is 5.16 Å². The van der Waals surface area contributed by atoms with Crippen LogP contribution in [0.25, 0.3) is 0 Å². The van der Waals surface area contributed by atoms with Crippen LogP contribution in [-0.2, 0) is 6.54 Å². The molecule has 92 valence electrons. The van der Waals surface area contributed by atoms with E-state index >= 15 is 0 Å². The van der Waals surface area contributed by atoms with Gasteiger partial charge in [-0.2, -0.15) is 0 Å². The normalized spacial score (nSPS) is 23.2. The van der Waals surface area contributed by atoms with Crippen LogP contribution in [0.5, 0.6) is 0 Å². The van der Waals surface area contributed by atoms with Crippen molar-refractivity contribution >= 4 is 29.2 Å². The molecule has 0 amide bonds. The Morgan fingerprint density at radius 3 is 3.18 bits per heavy atom. The summed E-state index contributed by atoms with van der Waals surface area (Å²) in [6.07, 6.45) is 4.46. The van der Waals surface area contributed by atoms with Crippen LogP contribution in [-0.4, -0.2) is 35.4 Å². The molecule has 1 N–H and O–H groups in total. The lowest BCUT2D eigenvalue weighted by Crippen LogP contribution is -2.35. The number of rotatable bonds is 1. The zero-order chi connectivity index (χ0) is 11.8. The van der Waals surface area contributed by atoms with Gasteiger partial charge in [-0.25, -0.2) is 9.97 Å². The molecule has 0 spiro atoms. The predicted molar refractivity (Wildman–Crippen MR) is 70.9 cm³/mol. The summed E-state index contributed by atoms with van der Waals surface area (Å²) in [5.74, 6) is 1.04. The molecule has 0 radical (unpaired) electrons. The molecule has 2 aliphatic rings. The van der Waals surface area contributed by atoms with Crippen LogP contribution in [0.1, 0.15) is 18.4 Å².